The van der Waals surface area contributed by atoms with Gasteiger partial charge in [0.2, 0.25) is 0 Å². The SMILES string of the molecule is COc1cccc(C(=O)NCc2nc3ccccc3n2CCOc2c(C)cccc2C)c1. The van der Waals surface area contributed by atoms with Crippen LogP contribution in [0.4, 0.5) is 0 Å². The number of amides is 1. The average Bonchev–Trinajstić information content (AvgIpc) is 3.17. The molecule has 0 aliphatic rings. The van der Waals surface area contributed by atoms with Crippen LogP contribution in [0.1, 0.15) is 27.3 Å². The van der Waals surface area contributed by atoms with Crippen LogP contribution in [0.2, 0.25) is 0 Å². The summed E-state index contributed by atoms with van der Waals surface area (Å²) in [6.45, 7) is 5.54. The molecule has 0 radical (unpaired) electrons. The fourth-order valence-electron chi connectivity index (χ4n) is 3.80. The van der Waals surface area contributed by atoms with Crippen molar-refractivity contribution in [1.29, 1.82) is 0 Å². The molecule has 0 fully saturated rings. The summed E-state index contributed by atoms with van der Waals surface area (Å²) < 4.78 is 13.4. The van der Waals surface area contributed by atoms with E-state index in [1.54, 1.807) is 25.3 Å². The maximum atomic E-state index is 12.7. The second kappa shape index (κ2) is 9.56. The Kier molecular flexibility index (Phi) is 6.40. The number of nitrogens with zero attached hydrogens (tertiary/aromatic N) is 2. The van der Waals surface area contributed by atoms with E-state index in [-0.39, 0.29) is 5.91 Å². The quantitative estimate of drug-likeness (QED) is 0.442. The second-order valence-electron chi connectivity index (χ2n) is 7.65. The van der Waals surface area contributed by atoms with Crippen LogP contribution >= 0.6 is 0 Å². The Hall–Kier alpha value is -3.80. The molecule has 0 aliphatic heterocycles. The van der Waals surface area contributed by atoms with E-state index in [0.717, 1.165) is 33.7 Å². The molecule has 1 N–H and O–H groups in total. The van der Waals surface area contributed by atoms with Gasteiger partial charge in [0.1, 0.15) is 23.9 Å². The van der Waals surface area contributed by atoms with Gasteiger partial charge in [-0.2, -0.15) is 0 Å². The fourth-order valence-corrected chi connectivity index (χ4v) is 3.80. The van der Waals surface area contributed by atoms with E-state index in [9.17, 15) is 4.79 Å². The summed E-state index contributed by atoms with van der Waals surface area (Å²) in [6, 6.07) is 21.2. The highest BCUT2D eigenvalue weighted by Gasteiger charge is 2.13. The van der Waals surface area contributed by atoms with Crippen molar-refractivity contribution in [2.75, 3.05) is 13.7 Å². The van der Waals surface area contributed by atoms with Crippen molar-refractivity contribution >= 4 is 16.9 Å². The number of benzene rings is 3. The lowest BCUT2D eigenvalue weighted by Gasteiger charge is -2.14. The molecule has 1 amide bonds. The van der Waals surface area contributed by atoms with Gasteiger partial charge in [0.05, 0.1) is 31.2 Å². The summed E-state index contributed by atoms with van der Waals surface area (Å²) in [7, 11) is 1.58. The van der Waals surface area contributed by atoms with E-state index in [2.05, 4.69) is 35.9 Å². The Morgan fingerprint density at radius 1 is 1.00 bits per heavy atom. The first-order chi connectivity index (χ1) is 15.6. The van der Waals surface area contributed by atoms with Crippen molar-refractivity contribution in [3.8, 4) is 11.5 Å². The number of fused-ring (bicyclic) bond motifs is 1. The first kappa shape index (κ1) is 21.4. The topological polar surface area (TPSA) is 65.4 Å². The minimum atomic E-state index is -0.172. The number of imidazole rings is 1. The zero-order valence-electron chi connectivity index (χ0n) is 18.6. The monoisotopic (exact) mass is 429 g/mol. The van der Waals surface area contributed by atoms with E-state index in [4.69, 9.17) is 14.5 Å². The summed E-state index contributed by atoms with van der Waals surface area (Å²) in [5.41, 5.74) is 4.69. The van der Waals surface area contributed by atoms with Gasteiger partial charge in [-0.25, -0.2) is 4.98 Å². The molecular weight excluding hydrogens is 402 g/mol. The van der Waals surface area contributed by atoms with Gasteiger partial charge in [0, 0.05) is 5.56 Å². The zero-order chi connectivity index (χ0) is 22.5. The van der Waals surface area contributed by atoms with Gasteiger partial charge >= 0.3 is 0 Å². The number of methoxy groups -OCH3 is 1. The molecule has 0 saturated carbocycles. The number of aryl methyl sites for hydroxylation is 2. The maximum Gasteiger partial charge on any atom is 0.251 e. The number of para-hydroxylation sites is 3. The highest BCUT2D eigenvalue weighted by Crippen LogP contribution is 2.23. The highest BCUT2D eigenvalue weighted by molar-refractivity contribution is 5.94. The normalized spacial score (nSPS) is 10.8. The molecule has 164 valence electrons. The summed E-state index contributed by atoms with van der Waals surface area (Å²) >= 11 is 0. The van der Waals surface area contributed by atoms with Crippen LogP contribution < -0.4 is 14.8 Å². The lowest BCUT2D eigenvalue weighted by molar-refractivity contribution is 0.0949. The molecule has 0 saturated heterocycles. The number of hydrogen-bond acceptors (Lipinski definition) is 4. The largest absolute Gasteiger partial charge is 0.497 e. The number of hydrogen-bond donors (Lipinski definition) is 1. The molecule has 0 atom stereocenters. The van der Waals surface area contributed by atoms with Crippen molar-refractivity contribution in [3.63, 3.8) is 0 Å². The van der Waals surface area contributed by atoms with E-state index in [1.807, 2.05) is 36.4 Å². The van der Waals surface area contributed by atoms with Crippen LogP contribution in [0.15, 0.2) is 66.7 Å². The van der Waals surface area contributed by atoms with Crippen molar-refractivity contribution < 1.29 is 14.3 Å². The summed E-state index contributed by atoms with van der Waals surface area (Å²) in [5, 5.41) is 2.98. The van der Waals surface area contributed by atoms with Crippen LogP contribution in [0.3, 0.4) is 0 Å². The van der Waals surface area contributed by atoms with Gasteiger partial charge in [-0.15, -0.1) is 0 Å². The Labute approximate surface area is 187 Å². The number of carbonyl (C=O) groups excluding carboxylic acids is 1. The third-order valence-corrected chi connectivity index (χ3v) is 5.44. The minimum Gasteiger partial charge on any atom is -0.497 e. The molecule has 0 unspecified atom stereocenters. The molecule has 6 nitrogen and oxygen atoms in total. The number of nitrogens with one attached hydrogen (secondary N) is 1. The highest BCUT2D eigenvalue weighted by atomic mass is 16.5. The van der Waals surface area contributed by atoms with Gasteiger partial charge in [-0.3, -0.25) is 4.79 Å². The van der Waals surface area contributed by atoms with Crippen molar-refractivity contribution in [2.45, 2.75) is 26.9 Å². The van der Waals surface area contributed by atoms with Crippen LogP contribution in [-0.2, 0) is 13.1 Å². The Morgan fingerprint density at radius 2 is 1.75 bits per heavy atom. The molecule has 0 aliphatic carbocycles. The third kappa shape index (κ3) is 4.59. The van der Waals surface area contributed by atoms with Gasteiger partial charge in [-0.1, -0.05) is 36.4 Å². The van der Waals surface area contributed by atoms with E-state index in [1.165, 1.54) is 0 Å². The van der Waals surface area contributed by atoms with Crippen LogP contribution in [0.25, 0.3) is 11.0 Å². The summed E-state index contributed by atoms with van der Waals surface area (Å²) in [4.78, 5) is 17.4. The lowest BCUT2D eigenvalue weighted by atomic mass is 10.1. The van der Waals surface area contributed by atoms with Crippen molar-refractivity contribution in [2.24, 2.45) is 0 Å². The maximum absolute atomic E-state index is 12.7. The summed E-state index contributed by atoms with van der Waals surface area (Å²) in [6.07, 6.45) is 0. The van der Waals surface area contributed by atoms with Crippen molar-refractivity contribution in [3.05, 3.63) is 89.2 Å². The van der Waals surface area contributed by atoms with Gasteiger partial charge < -0.3 is 19.4 Å². The predicted molar refractivity (Wildman–Crippen MR) is 125 cm³/mol. The third-order valence-electron chi connectivity index (χ3n) is 5.44. The summed E-state index contributed by atoms with van der Waals surface area (Å²) in [5.74, 6) is 2.18. The van der Waals surface area contributed by atoms with Gasteiger partial charge in [0.15, 0.2) is 0 Å². The molecule has 4 rings (SSSR count). The molecule has 32 heavy (non-hydrogen) atoms. The molecule has 1 heterocycles. The lowest BCUT2D eigenvalue weighted by Crippen LogP contribution is -2.25. The molecular formula is C26H27N3O3. The van der Waals surface area contributed by atoms with Crippen LogP contribution in [-0.4, -0.2) is 29.2 Å². The average molecular weight is 430 g/mol. The van der Waals surface area contributed by atoms with Crippen LogP contribution in [0.5, 0.6) is 11.5 Å². The molecule has 3 aromatic carbocycles. The molecule has 0 spiro atoms. The Balaban J connectivity index is 1.50. The van der Waals surface area contributed by atoms with Crippen LogP contribution in [0, 0.1) is 13.8 Å². The van der Waals surface area contributed by atoms with E-state index in [0.29, 0.717) is 31.0 Å². The predicted octanol–water partition coefficient (Wildman–Crippen LogP) is 4.67. The van der Waals surface area contributed by atoms with E-state index < -0.39 is 0 Å². The molecule has 0 bridgehead atoms. The first-order valence-corrected chi connectivity index (χ1v) is 10.6. The molecule has 1 aromatic heterocycles. The number of aromatic nitrogens is 2. The first-order valence-electron chi connectivity index (χ1n) is 10.6. The minimum absolute atomic E-state index is 0.172. The van der Waals surface area contributed by atoms with Gasteiger partial charge in [-0.05, 0) is 55.3 Å². The second-order valence-corrected chi connectivity index (χ2v) is 7.65. The Bertz CT molecular complexity index is 1230. The Morgan fingerprint density at radius 3 is 2.53 bits per heavy atom. The zero-order valence-corrected chi connectivity index (χ0v) is 18.6. The number of rotatable bonds is 8. The molecule has 4 aromatic rings. The van der Waals surface area contributed by atoms with Gasteiger partial charge in [0.25, 0.3) is 5.91 Å². The number of ether oxygens (including phenoxy) is 2. The number of carbonyl (C=O) groups is 1. The fraction of sp³-hybridized carbons (Fsp3) is 0.231. The van der Waals surface area contributed by atoms with Crippen molar-refractivity contribution in [1.82, 2.24) is 14.9 Å². The standard InChI is InChI=1S/C26H27N3O3/c1-18-8-6-9-19(2)25(18)32-15-14-29-23-13-5-4-12-22(23)28-24(29)17-27-26(30)20-10-7-11-21(16-20)31-3/h4-13,16H,14-15,17H2,1-3H3,(H,27,30). The smallest absolute Gasteiger partial charge is 0.251 e. The molecule has 6 heteroatoms. The van der Waals surface area contributed by atoms with E-state index >= 15 is 0 Å².